The van der Waals surface area contributed by atoms with E-state index in [9.17, 15) is 9.59 Å². The van der Waals surface area contributed by atoms with Crippen molar-refractivity contribution < 1.29 is 9.59 Å². The van der Waals surface area contributed by atoms with Gasteiger partial charge in [0.15, 0.2) is 5.78 Å². The Labute approximate surface area is 137 Å². The van der Waals surface area contributed by atoms with Gasteiger partial charge in [0.2, 0.25) is 0 Å². The fourth-order valence-corrected chi connectivity index (χ4v) is 2.93. The van der Waals surface area contributed by atoms with Crippen molar-refractivity contribution in [2.45, 2.75) is 6.92 Å². The molecule has 0 saturated carbocycles. The van der Waals surface area contributed by atoms with Crippen molar-refractivity contribution in [2.75, 3.05) is 0 Å². The van der Waals surface area contributed by atoms with Gasteiger partial charge in [0.25, 0.3) is 5.91 Å². The first-order chi connectivity index (χ1) is 9.40. The molecule has 0 unspecified atom stereocenters. The van der Waals surface area contributed by atoms with E-state index in [0.29, 0.717) is 30.8 Å². The quantitative estimate of drug-likeness (QED) is 0.634. The summed E-state index contributed by atoms with van der Waals surface area (Å²) in [5.41, 5.74) is 1.34. The number of aliphatic imine (C=N–C) groups is 1. The monoisotopic (exact) mass is 415 g/mol. The van der Waals surface area contributed by atoms with Crippen LogP contribution in [-0.2, 0) is 4.79 Å². The smallest absolute Gasteiger partial charge is 0.277 e. The van der Waals surface area contributed by atoms with Gasteiger partial charge < -0.3 is 0 Å². The number of ketones is 1. The maximum atomic E-state index is 12.1. The summed E-state index contributed by atoms with van der Waals surface area (Å²) in [5, 5.41) is 0.551. The summed E-state index contributed by atoms with van der Waals surface area (Å²) in [7, 11) is 0. The third-order valence-electron chi connectivity index (χ3n) is 2.70. The molecule has 20 heavy (non-hydrogen) atoms. The van der Waals surface area contributed by atoms with E-state index in [2.05, 4.69) is 36.9 Å². The second-order valence-electron chi connectivity index (χ2n) is 4.07. The Balaban J connectivity index is 2.40. The maximum Gasteiger partial charge on any atom is 0.277 e. The third kappa shape index (κ3) is 3.16. The number of benzene rings is 1. The number of nitrogens with zero attached hydrogens (tertiary/aromatic N) is 1. The molecule has 1 amide bonds. The molecular weight excluding hydrogens is 409 g/mol. The normalized spacial score (nSPS) is 17.5. The molecule has 1 aromatic rings. The Morgan fingerprint density at radius 2 is 1.80 bits per heavy atom. The highest BCUT2D eigenvalue weighted by molar-refractivity contribution is 9.13. The van der Waals surface area contributed by atoms with E-state index in [0.717, 1.165) is 0 Å². The first-order valence-electron chi connectivity index (χ1n) is 5.57. The lowest BCUT2D eigenvalue weighted by atomic mass is 10.0. The standard InChI is InChI=1S/C14H8Br2ClNO2/c1-7-11(19)6-10(15)13(12(7)16)18-14(20)8-2-4-9(17)5-3-8/h2-6H,1H3. The molecule has 1 aliphatic carbocycles. The van der Waals surface area contributed by atoms with E-state index in [4.69, 9.17) is 11.6 Å². The summed E-state index contributed by atoms with van der Waals surface area (Å²) in [6.07, 6.45) is 1.40. The fourth-order valence-electron chi connectivity index (χ4n) is 1.54. The number of allylic oxidation sites excluding steroid dienone is 4. The Hall–Kier alpha value is -1.04. The van der Waals surface area contributed by atoms with Crippen molar-refractivity contribution in [1.29, 1.82) is 0 Å². The molecule has 0 N–H and O–H groups in total. The van der Waals surface area contributed by atoms with Crippen LogP contribution in [0.3, 0.4) is 0 Å². The SMILES string of the molecule is CC1=C(Br)C(=NC(=O)c2ccc(Cl)cc2)C(Br)=CC1=O. The highest BCUT2D eigenvalue weighted by Crippen LogP contribution is 2.28. The predicted molar refractivity (Wildman–Crippen MR) is 86.9 cm³/mol. The van der Waals surface area contributed by atoms with Crippen LogP contribution in [0.4, 0.5) is 0 Å². The first kappa shape index (κ1) is 15.4. The Morgan fingerprint density at radius 3 is 2.40 bits per heavy atom. The van der Waals surface area contributed by atoms with Gasteiger partial charge in [0, 0.05) is 26.7 Å². The number of hydrogen-bond donors (Lipinski definition) is 0. The van der Waals surface area contributed by atoms with Crippen LogP contribution in [0.5, 0.6) is 0 Å². The van der Waals surface area contributed by atoms with E-state index in [1.54, 1.807) is 31.2 Å². The molecule has 0 radical (unpaired) electrons. The molecule has 0 atom stereocenters. The summed E-state index contributed by atoms with van der Waals surface area (Å²) in [5.74, 6) is -0.525. The molecule has 0 aromatic heterocycles. The van der Waals surface area contributed by atoms with E-state index in [-0.39, 0.29) is 5.78 Å². The van der Waals surface area contributed by atoms with Crippen molar-refractivity contribution in [3.05, 3.63) is 55.5 Å². The van der Waals surface area contributed by atoms with Gasteiger partial charge in [-0.05, 0) is 63.0 Å². The average molecular weight is 417 g/mol. The van der Waals surface area contributed by atoms with Crippen molar-refractivity contribution in [2.24, 2.45) is 4.99 Å². The van der Waals surface area contributed by atoms with Crippen molar-refractivity contribution in [3.63, 3.8) is 0 Å². The third-order valence-corrected chi connectivity index (χ3v) is 4.52. The number of carbonyl (C=O) groups is 2. The second kappa shape index (κ2) is 6.16. The van der Waals surface area contributed by atoms with Gasteiger partial charge >= 0.3 is 0 Å². The molecule has 1 aliphatic rings. The molecule has 0 fully saturated rings. The molecular formula is C14H8Br2ClNO2. The highest BCUT2D eigenvalue weighted by atomic mass is 79.9. The van der Waals surface area contributed by atoms with Gasteiger partial charge in [-0.1, -0.05) is 11.6 Å². The van der Waals surface area contributed by atoms with Crippen LogP contribution in [0.1, 0.15) is 17.3 Å². The van der Waals surface area contributed by atoms with Crippen molar-refractivity contribution in [3.8, 4) is 0 Å². The molecule has 6 heteroatoms. The van der Waals surface area contributed by atoms with Gasteiger partial charge in [0.05, 0.1) is 10.2 Å². The zero-order chi connectivity index (χ0) is 14.9. The molecule has 102 valence electrons. The zero-order valence-corrected chi connectivity index (χ0v) is 14.2. The van der Waals surface area contributed by atoms with Crippen LogP contribution in [0.15, 0.2) is 49.9 Å². The lowest BCUT2D eigenvalue weighted by Gasteiger charge is -2.12. The second-order valence-corrected chi connectivity index (χ2v) is 6.15. The van der Waals surface area contributed by atoms with Crippen molar-refractivity contribution in [1.82, 2.24) is 0 Å². The largest absolute Gasteiger partial charge is 0.290 e. The molecule has 2 rings (SSSR count). The van der Waals surface area contributed by atoms with E-state index >= 15 is 0 Å². The van der Waals surface area contributed by atoms with Crippen LogP contribution < -0.4 is 0 Å². The minimum atomic E-state index is -0.402. The Morgan fingerprint density at radius 1 is 1.20 bits per heavy atom. The van der Waals surface area contributed by atoms with E-state index in [1.165, 1.54) is 6.08 Å². The maximum absolute atomic E-state index is 12.1. The number of rotatable bonds is 1. The minimum absolute atomic E-state index is 0.123. The van der Waals surface area contributed by atoms with Crippen LogP contribution in [-0.4, -0.2) is 17.4 Å². The summed E-state index contributed by atoms with van der Waals surface area (Å²) in [6.45, 7) is 1.67. The van der Waals surface area contributed by atoms with Crippen molar-refractivity contribution >= 4 is 60.9 Å². The number of amides is 1. The summed E-state index contributed by atoms with van der Waals surface area (Å²) >= 11 is 12.3. The average Bonchev–Trinajstić information content (AvgIpc) is 2.42. The molecule has 0 heterocycles. The van der Waals surface area contributed by atoms with Crippen LogP contribution >= 0.6 is 43.5 Å². The number of carbonyl (C=O) groups excluding carboxylic acids is 2. The highest BCUT2D eigenvalue weighted by Gasteiger charge is 2.22. The number of hydrogen-bond acceptors (Lipinski definition) is 2. The lowest BCUT2D eigenvalue weighted by molar-refractivity contribution is -0.111. The predicted octanol–water partition coefficient (Wildman–Crippen LogP) is 4.45. The molecule has 0 aliphatic heterocycles. The molecule has 0 spiro atoms. The Bertz CT molecular complexity index is 688. The fraction of sp³-hybridized carbons (Fsp3) is 0.0714. The van der Waals surface area contributed by atoms with Gasteiger partial charge in [-0.3, -0.25) is 9.59 Å². The number of halogens is 3. The van der Waals surface area contributed by atoms with E-state index in [1.807, 2.05) is 0 Å². The lowest BCUT2D eigenvalue weighted by Crippen LogP contribution is -2.14. The van der Waals surface area contributed by atoms with Crippen LogP contribution in [0.25, 0.3) is 0 Å². The Kier molecular flexibility index (Phi) is 4.73. The topological polar surface area (TPSA) is 46.5 Å². The molecule has 3 nitrogen and oxygen atoms in total. The van der Waals surface area contributed by atoms with Gasteiger partial charge in [-0.2, -0.15) is 0 Å². The van der Waals surface area contributed by atoms with E-state index < -0.39 is 5.91 Å². The first-order valence-corrected chi connectivity index (χ1v) is 7.54. The summed E-state index contributed by atoms with van der Waals surface area (Å²) in [4.78, 5) is 27.7. The van der Waals surface area contributed by atoms with Gasteiger partial charge in [-0.25, -0.2) is 4.99 Å². The van der Waals surface area contributed by atoms with Gasteiger partial charge in [0.1, 0.15) is 0 Å². The van der Waals surface area contributed by atoms with Crippen LogP contribution in [0.2, 0.25) is 5.02 Å². The molecule has 0 bridgehead atoms. The molecule has 0 saturated heterocycles. The zero-order valence-electron chi connectivity index (χ0n) is 10.3. The minimum Gasteiger partial charge on any atom is -0.290 e. The summed E-state index contributed by atoms with van der Waals surface area (Å²) in [6, 6.07) is 6.45. The van der Waals surface area contributed by atoms with Crippen LogP contribution in [0, 0.1) is 0 Å². The summed E-state index contributed by atoms with van der Waals surface area (Å²) < 4.78 is 0.987. The molecule has 1 aromatic carbocycles. The van der Waals surface area contributed by atoms with Gasteiger partial charge in [-0.15, -0.1) is 0 Å².